The highest BCUT2D eigenvalue weighted by molar-refractivity contribution is 6.31. The van der Waals surface area contributed by atoms with Crippen LogP contribution >= 0.6 is 11.6 Å². The van der Waals surface area contributed by atoms with Crippen LogP contribution in [0.4, 0.5) is 0 Å². The molecule has 7 heteroatoms. The number of nitrogens with one attached hydrogen (secondary N) is 2. The molecule has 2 rings (SSSR count). The minimum absolute atomic E-state index is 0.152. The summed E-state index contributed by atoms with van der Waals surface area (Å²) in [5.74, 6) is 2.20. The molecule has 28 heavy (non-hydrogen) atoms. The Morgan fingerprint density at radius 3 is 2.46 bits per heavy atom. The number of benzene rings is 1. The Bertz CT molecular complexity index is 750. The number of oxazole rings is 1. The second kappa shape index (κ2) is 11.1. The molecule has 0 aliphatic heterocycles. The van der Waals surface area contributed by atoms with E-state index in [9.17, 15) is 0 Å². The summed E-state index contributed by atoms with van der Waals surface area (Å²) in [5, 5.41) is 7.53. The monoisotopic (exact) mass is 405 g/mol. The molecule has 0 spiro atoms. The van der Waals surface area contributed by atoms with E-state index >= 15 is 0 Å². The average Bonchev–Trinajstić information content (AvgIpc) is 3.01. The molecule has 154 valence electrons. The van der Waals surface area contributed by atoms with Crippen molar-refractivity contribution in [1.29, 1.82) is 0 Å². The third kappa shape index (κ3) is 5.97. The Balaban J connectivity index is 2.14. The molecule has 0 saturated carbocycles. The van der Waals surface area contributed by atoms with Crippen LogP contribution in [-0.4, -0.2) is 42.0 Å². The highest BCUT2D eigenvalue weighted by Crippen LogP contribution is 2.26. The smallest absolute Gasteiger partial charge is 0.216 e. The molecule has 0 aliphatic rings. The van der Waals surface area contributed by atoms with Crippen LogP contribution in [0.1, 0.15) is 49.7 Å². The first-order valence-electron chi connectivity index (χ1n) is 9.93. The molecular weight excluding hydrogens is 374 g/mol. The molecule has 2 N–H and O–H groups in total. The summed E-state index contributed by atoms with van der Waals surface area (Å²) >= 11 is 6.49. The van der Waals surface area contributed by atoms with Crippen molar-refractivity contribution in [2.24, 2.45) is 4.99 Å². The van der Waals surface area contributed by atoms with Crippen molar-refractivity contribution >= 4 is 17.6 Å². The lowest BCUT2D eigenvalue weighted by Crippen LogP contribution is -2.43. The maximum Gasteiger partial charge on any atom is 0.216 e. The van der Waals surface area contributed by atoms with Gasteiger partial charge in [-0.05, 0) is 45.5 Å². The lowest BCUT2D eigenvalue weighted by atomic mass is 10.0. The fourth-order valence-corrected chi connectivity index (χ4v) is 3.40. The van der Waals surface area contributed by atoms with Gasteiger partial charge in [-0.2, -0.15) is 0 Å². The van der Waals surface area contributed by atoms with Crippen molar-refractivity contribution in [2.75, 3.05) is 26.2 Å². The molecule has 6 nitrogen and oxygen atoms in total. The summed E-state index contributed by atoms with van der Waals surface area (Å²) < 4.78 is 5.63. The van der Waals surface area contributed by atoms with Gasteiger partial charge < -0.3 is 15.1 Å². The Morgan fingerprint density at radius 1 is 1.18 bits per heavy atom. The summed E-state index contributed by atoms with van der Waals surface area (Å²) in [6.45, 7) is 14.0. The number of hydrogen-bond donors (Lipinski definition) is 2. The first kappa shape index (κ1) is 22.2. The number of nitrogens with zero attached hydrogens (tertiary/aromatic N) is 3. The number of halogens is 1. The zero-order valence-corrected chi connectivity index (χ0v) is 18.3. The van der Waals surface area contributed by atoms with Gasteiger partial charge in [0.1, 0.15) is 12.3 Å². The number of aromatic nitrogens is 1. The summed E-state index contributed by atoms with van der Waals surface area (Å²) in [5.41, 5.74) is 2.03. The van der Waals surface area contributed by atoms with Crippen LogP contribution < -0.4 is 10.6 Å². The second-order valence-electron chi connectivity index (χ2n) is 6.58. The molecule has 0 amide bonds. The molecule has 2 aromatic rings. The number of hydrogen-bond acceptors (Lipinski definition) is 4. The largest absolute Gasteiger partial charge is 0.444 e. The van der Waals surface area contributed by atoms with Crippen molar-refractivity contribution in [3.63, 3.8) is 0 Å². The molecule has 1 unspecified atom stereocenters. The van der Waals surface area contributed by atoms with Crippen molar-refractivity contribution in [2.45, 2.75) is 47.2 Å². The van der Waals surface area contributed by atoms with Gasteiger partial charge in [0.05, 0.1) is 11.7 Å². The maximum absolute atomic E-state index is 6.49. The Hall–Kier alpha value is -2.05. The fourth-order valence-electron chi connectivity index (χ4n) is 3.13. The van der Waals surface area contributed by atoms with Gasteiger partial charge in [0, 0.05) is 18.1 Å². The zero-order chi connectivity index (χ0) is 20.5. The molecule has 1 heterocycles. The Kier molecular flexibility index (Phi) is 8.80. The summed E-state index contributed by atoms with van der Waals surface area (Å²) in [6.07, 6.45) is 0. The Labute approximate surface area is 173 Å². The van der Waals surface area contributed by atoms with Crippen LogP contribution in [0.15, 0.2) is 33.7 Å². The average molecular weight is 406 g/mol. The first-order chi connectivity index (χ1) is 13.5. The van der Waals surface area contributed by atoms with Crippen LogP contribution in [0, 0.1) is 13.8 Å². The highest BCUT2D eigenvalue weighted by Gasteiger charge is 2.20. The van der Waals surface area contributed by atoms with Crippen LogP contribution in [0.3, 0.4) is 0 Å². The van der Waals surface area contributed by atoms with Gasteiger partial charge >= 0.3 is 0 Å². The van der Waals surface area contributed by atoms with Crippen molar-refractivity contribution in [1.82, 2.24) is 20.5 Å². The van der Waals surface area contributed by atoms with Gasteiger partial charge in [-0.15, -0.1) is 0 Å². The van der Waals surface area contributed by atoms with Crippen LogP contribution in [-0.2, 0) is 6.54 Å². The van der Waals surface area contributed by atoms with Crippen molar-refractivity contribution < 1.29 is 4.42 Å². The number of aryl methyl sites for hydroxylation is 2. The summed E-state index contributed by atoms with van der Waals surface area (Å²) in [4.78, 5) is 11.4. The second-order valence-corrected chi connectivity index (χ2v) is 6.99. The standard InChI is InChI=1S/C21H32ClN5O/c1-6-23-21(25-14-20-26-15(4)16(5)28-20)24-13-19(27(7-2)8-3)17-11-9-10-12-18(17)22/h9-12,19H,6-8,13-14H2,1-5H3,(H2,23,24,25). The lowest BCUT2D eigenvalue weighted by Gasteiger charge is -2.31. The SMILES string of the molecule is CCNC(=NCc1nc(C)c(C)o1)NCC(c1ccccc1Cl)N(CC)CC. The molecule has 1 aromatic carbocycles. The van der Waals surface area contributed by atoms with E-state index in [1.54, 1.807) is 0 Å². The van der Waals surface area contributed by atoms with E-state index in [2.05, 4.69) is 45.4 Å². The first-order valence-corrected chi connectivity index (χ1v) is 10.3. The van der Waals surface area contributed by atoms with E-state index in [0.717, 1.165) is 47.6 Å². The quantitative estimate of drug-likeness (QED) is 0.486. The van der Waals surface area contributed by atoms with Crippen LogP contribution in [0.25, 0.3) is 0 Å². The van der Waals surface area contributed by atoms with Gasteiger partial charge in [-0.3, -0.25) is 4.90 Å². The number of guanidine groups is 1. The third-order valence-corrected chi connectivity index (χ3v) is 5.11. The van der Waals surface area contributed by atoms with E-state index < -0.39 is 0 Å². The lowest BCUT2D eigenvalue weighted by molar-refractivity contribution is 0.219. The minimum Gasteiger partial charge on any atom is -0.444 e. The number of rotatable bonds is 9. The topological polar surface area (TPSA) is 65.7 Å². The summed E-state index contributed by atoms with van der Waals surface area (Å²) in [6, 6.07) is 8.18. The van der Waals surface area contributed by atoms with Gasteiger partial charge in [-0.25, -0.2) is 9.98 Å². The zero-order valence-electron chi connectivity index (χ0n) is 17.6. The van der Waals surface area contributed by atoms with Crippen LogP contribution in [0.5, 0.6) is 0 Å². The molecule has 0 aliphatic carbocycles. The van der Waals surface area contributed by atoms with Crippen molar-refractivity contribution in [3.05, 3.63) is 52.2 Å². The minimum atomic E-state index is 0.152. The molecular formula is C21H32ClN5O. The molecule has 0 fully saturated rings. The van der Waals surface area contributed by atoms with E-state index in [1.165, 1.54) is 0 Å². The molecule has 1 aromatic heterocycles. The van der Waals surface area contributed by atoms with Gasteiger partial charge in [0.2, 0.25) is 5.89 Å². The molecule has 0 bridgehead atoms. The van der Waals surface area contributed by atoms with E-state index in [-0.39, 0.29) is 6.04 Å². The molecule has 1 atom stereocenters. The predicted molar refractivity (Wildman–Crippen MR) is 116 cm³/mol. The normalized spacial score (nSPS) is 13.0. The van der Waals surface area contributed by atoms with Gasteiger partial charge in [0.25, 0.3) is 0 Å². The highest BCUT2D eigenvalue weighted by atomic mass is 35.5. The van der Waals surface area contributed by atoms with E-state index in [0.29, 0.717) is 19.0 Å². The van der Waals surface area contributed by atoms with Gasteiger partial charge in [-0.1, -0.05) is 43.6 Å². The van der Waals surface area contributed by atoms with Crippen LogP contribution in [0.2, 0.25) is 5.02 Å². The Morgan fingerprint density at radius 2 is 1.89 bits per heavy atom. The number of aliphatic imine (C=N–C) groups is 1. The van der Waals surface area contributed by atoms with E-state index in [4.69, 9.17) is 16.0 Å². The molecule has 0 saturated heterocycles. The van der Waals surface area contributed by atoms with Gasteiger partial charge in [0.15, 0.2) is 5.96 Å². The number of likely N-dealkylation sites (N-methyl/N-ethyl adjacent to an activating group) is 1. The molecule has 0 radical (unpaired) electrons. The van der Waals surface area contributed by atoms with Crippen molar-refractivity contribution in [3.8, 4) is 0 Å². The summed E-state index contributed by atoms with van der Waals surface area (Å²) in [7, 11) is 0. The fraction of sp³-hybridized carbons (Fsp3) is 0.524. The maximum atomic E-state index is 6.49. The predicted octanol–water partition coefficient (Wildman–Crippen LogP) is 4.08. The van der Waals surface area contributed by atoms with E-state index in [1.807, 2.05) is 39.0 Å². The third-order valence-electron chi connectivity index (χ3n) is 4.77.